The lowest BCUT2D eigenvalue weighted by molar-refractivity contribution is -0.127. The summed E-state index contributed by atoms with van der Waals surface area (Å²) in [5.41, 5.74) is -1.02. The number of carbonyl (C=O) groups excluding carboxylic acids is 1. The van der Waals surface area contributed by atoms with Gasteiger partial charge in [0.25, 0.3) is 0 Å². The summed E-state index contributed by atoms with van der Waals surface area (Å²) in [6, 6.07) is 0. The Bertz CT molecular complexity index is 407. The van der Waals surface area contributed by atoms with Gasteiger partial charge < -0.3 is 18.9 Å². The van der Waals surface area contributed by atoms with Crippen molar-refractivity contribution in [1.82, 2.24) is 4.90 Å². The zero-order valence-electron chi connectivity index (χ0n) is 15.3. The molecule has 1 rings (SSSR count). The molecule has 0 radical (unpaired) electrons. The van der Waals surface area contributed by atoms with Gasteiger partial charge in [0, 0.05) is 0 Å². The highest BCUT2D eigenvalue weighted by Gasteiger charge is 2.53. The first-order chi connectivity index (χ1) is 9.71. The molecule has 22 heavy (non-hydrogen) atoms. The number of hydrogen-bond acceptors (Lipinski definition) is 5. The van der Waals surface area contributed by atoms with Gasteiger partial charge in [-0.05, 0) is 38.9 Å². The summed E-state index contributed by atoms with van der Waals surface area (Å²) < 4.78 is 11.8. The average Bonchev–Trinajstić information content (AvgIpc) is 2.20. The molecule has 2 N–H and O–H groups in total. The molecule has 0 aliphatic carbocycles. The SMILES string of the molecule is CC(C)(C)OC(=O)N1CC(CON)(O[Si](C)(C)C(C)(C)C)C1. The van der Waals surface area contributed by atoms with Gasteiger partial charge in [0.05, 0.1) is 19.7 Å². The van der Waals surface area contributed by atoms with Gasteiger partial charge in [-0.15, -0.1) is 0 Å². The number of carbonyl (C=O) groups is 1. The molecule has 1 aliphatic heterocycles. The van der Waals surface area contributed by atoms with Crippen LogP contribution in [-0.4, -0.2) is 50.2 Å². The van der Waals surface area contributed by atoms with E-state index in [4.69, 9.17) is 19.9 Å². The molecule has 1 heterocycles. The number of hydrogen-bond donors (Lipinski definition) is 1. The normalized spacial score (nSPS) is 18.9. The number of nitrogens with two attached hydrogens (primary N) is 1. The fraction of sp³-hybridized carbons (Fsp3) is 0.933. The van der Waals surface area contributed by atoms with Crippen molar-refractivity contribution in [2.24, 2.45) is 5.90 Å². The molecule has 130 valence electrons. The Labute approximate surface area is 135 Å². The lowest BCUT2D eigenvalue weighted by atomic mass is 9.96. The molecule has 0 saturated carbocycles. The highest BCUT2D eigenvalue weighted by atomic mass is 28.4. The average molecular weight is 333 g/mol. The first-order valence-electron chi connectivity index (χ1n) is 7.71. The number of ether oxygens (including phenoxy) is 1. The van der Waals surface area contributed by atoms with Crippen molar-refractivity contribution in [2.75, 3.05) is 19.7 Å². The van der Waals surface area contributed by atoms with Gasteiger partial charge in [0.1, 0.15) is 11.2 Å². The third-order valence-corrected chi connectivity index (χ3v) is 8.79. The van der Waals surface area contributed by atoms with E-state index in [2.05, 4.69) is 33.9 Å². The molecule has 1 fully saturated rings. The maximum Gasteiger partial charge on any atom is 0.410 e. The van der Waals surface area contributed by atoms with Crippen LogP contribution in [0.15, 0.2) is 0 Å². The lowest BCUT2D eigenvalue weighted by Gasteiger charge is -2.54. The van der Waals surface area contributed by atoms with Gasteiger partial charge in [-0.3, -0.25) is 0 Å². The Kier molecular flexibility index (Phi) is 5.39. The third kappa shape index (κ3) is 4.68. The van der Waals surface area contributed by atoms with Crippen LogP contribution in [0.5, 0.6) is 0 Å². The molecule has 0 aromatic rings. The van der Waals surface area contributed by atoms with Crippen LogP contribution >= 0.6 is 0 Å². The number of amides is 1. The van der Waals surface area contributed by atoms with Gasteiger partial charge in [-0.25, -0.2) is 10.7 Å². The zero-order valence-corrected chi connectivity index (χ0v) is 16.3. The van der Waals surface area contributed by atoms with E-state index in [1.165, 1.54) is 0 Å². The summed E-state index contributed by atoms with van der Waals surface area (Å²) in [7, 11) is -1.97. The van der Waals surface area contributed by atoms with Crippen LogP contribution in [0.25, 0.3) is 0 Å². The predicted octanol–water partition coefficient (Wildman–Crippen LogP) is 2.89. The second-order valence-corrected chi connectivity index (χ2v) is 13.4. The van der Waals surface area contributed by atoms with Gasteiger partial charge in [0.2, 0.25) is 0 Å². The molecule has 0 atom stereocenters. The number of nitrogens with zero attached hydrogens (tertiary/aromatic N) is 1. The number of rotatable bonds is 4. The minimum absolute atomic E-state index is 0.0843. The van der Waals surface area contributed by atoms with Crippen molar-refractivity contribution in [2.45, 2.75) is 70.9 Å². The largest absolute Gasteiger partial charge is 0.444 e. The molecule has 7 heteroatoms. The molecule has 1 amide bonds. The summed E-state index contributed by atoms with van der Waals surface area (Å²) in [5.74, 6) is 5.28. The zero-order chi connectivity index (χ0) is 17.4. The fourth-order valence-electron chi connectivity index (χ4n) is 2.14. The molecule has 0 bridgehead atoms. The summed E-state index contributed by atoms with van der Waals surface area (Å²) in [6.45, 7) is 17.6. The molecule has 0 unspecified atom stereocenters. The first-order valence-corrected chi connectivity index (χ1v) is 10.6. The van der Waals surface area contributed by atoms with Gasteiger partial charge in [0.15, 0.2) is 8.32 Å². The minimum atomic E-state index is -1.97. The van der Waals surface area contributed by atoms with Crippen LogP contribution in [0.4, 0.5) is 4.79 Å². The Balaban J connectivity index is 2.73. The lowest BCUT2D eigenvalue weighted by Crippen LogP contribution is -2.70. The van der Waals surface area contributed by atoms with Crippen LogP contribution in [0.3, 0.4) is 0 Å². The summed E-state index contributed by atoms with van der Waals surface area (Å²) in [6.07, 6.45) is -0.320. The maximum absolute atomic E-state index is 12.1. The summed E-state index contributed by atoms with van der Waals surface area (Å²) in [5, 5.41) is 0.0843. The van der Waals surface area contributed by atoms with E-state index in [1.807, 2.05) is 20.8 Å². The van der Waals surface area contributed by atoms with E-state index >= 15 is 0 Å². The van der Waals surface area contributed by atoms with Crippen LogP contribution in [0, 0.1) is 0 Å². The van der Waals surface area contributed by atoms with Crippen molar-refractivity contribution in [3.8, 4) is 0 Å². The molecule has 1 aliphatic rings. The Morgan fingerprint density at radius 1 is 1.18 bits per heavy atom. The van der Waals surface area contributed by atoms with E-state index < -0.39 is 19.5 Å². The third-order valence-electron chi connectivity index (χ3n) is 4.23. The van der Waals surface area contributed by atoms with E-state index in [1.54, 1.807) is 4.90 Å². The van der Waals surface area contributed by atoms with Gasteiger partial charge in [-0.1, -0.05) is 20.8 Å². The standard InChI is InChI=1S/C15H32N2O4Si/c1-13(2,3)20-12(18)17-9-15(10-17,11-19-16)21-22(7,8)14(4,5)6/h9-11,16H2,1-8H3. The highest BCUT2D eigenvalue weighted by Crippen LogP contribution is 2.41. The molecule has 1 saturated heterocycles. The minimum Gasteiger partial charge on any atom is -0.444 e. The predicted molar refractivity (Wildman–Crippen MR) is 89.0 cm³/mol. The van der Waals surface area contributed by atoms with E-state index in [9.17, 15) is 4.79 Å². The van der Waals surface area contributed by atoms with Crippen LogP contribution in [-0.2, 0) is 14.0 Å². The van der Waals surface area contributed by atoms with Crippen molar-refractivity contribution < 1.29 is 18.8 Å². The number of likely N-dealkylation sites (tertiary alicyclic amines) is 1. The van der Waals surface area contributed by atoms with Crippen molar-refractivity contribution in [1.29, 1.82) is 0 Å². The van der Waals surface area contributed by atoms with Gasteiger partial charge >= 0.3 is 6.09 Å². The first kappa shape index (κ1) is 19.4. The molecular weight excluding hydrogens is 300 g/mol. The highest BCUT2D eigenvalue weighted by molar-refractivity contribution is 6.74. The molecular formula is C15H32N2O4Si. The van der Waals surface area contributed by atoms with E-state index in [0.717, 1.165) is 0 Å². The van der Waals surface area contributed by atoms with Crippen molar-refractivity contribution in [3.05, 3.63) is 0 Å². The fourth-order valence-corrected chi connectivity index (χ4v) is 3.71. The second kappa shape index (κ2) is 6.11. The van der Waals surface area contributed by atoms with Crippen LogP contribution in [0.1, 0.15) is 41.5 Å². The quantitative estimate of drug-likeness (QED) is 0.633. The van der Waals surface area contributed by atoms with E-state index in [0.29, 0.717) is 13.1 Å². The Morgan fingerprint density at radius 2 is 1.68 bits per heavy atom. The molecule has 6 nitrogen and oxygen atoms in total. The molecule has 0 aromatic heterocycles. The van der Waals surface area contributed by atoms with Crippen molar-refractivity contribution in [3.63, 3.8) is 0 Å². The maximum atomic E-state index is 12.1. The Hall–Kier alpha value is -0.633. The molecule has 0 spiro atoms. The van der Waals surface area contributed by atoms with E-state index in [-0.39, 0.29) is 17.7 Å². The van der Waals surface area contributed by atoms with Gasteiger partial charge in [-0.2, -0.15) is 0 Å². The smallest absolute Gasteiger partial charge is 0.410 e. The second-order valence-electron chi connectivity index (χ2n) is 8.69. The van der Waals surface area contributed by atoms with Crippen molar-refractivity contribution >= 4 is 14.4 Å². The molecule has 0 aromatic carbocycles. The summed E-state index contributed by atoms with van der Waals surface area (Å²) in [4.78, 5) is 18.6. The topological polar surface area (TPSA) is 74.0 Å². The van der Waals surface area contributed by atoms with Crippen LogP contribution in [0.2, 0.25) is 18.1 Å². The Morgan fingerprint density at radius 3 is 2.05 bits per heavy atom. The summed E-state index contributed by atoms with van der Waals surface area (Å²) >= 11 is 0. The monoisotopic (exact) mass is 332 g/mol. The van der Waals surface area contributed by atoms with Crippen LogP contribution < -0.4 is 5.90 Å².